The van der Waals surface area contributed by atoms with Gasteiger partial charge in [-0.1, -0.05) is 44.2 Å². The van der Waals surface area contributed by atoms with Gasteiger partial charge in [0.1, 0.15) is 12.4 Å². The van der Waals surface area contributed by atoms with Gasteiger partial charge in [0.05, 0.1) is 0 Å². The Bertz CT molecular complexity index is 346. The van der Waals surface area contributed by atoms with Gasteiger partial charge in [-0.05, 0) is 30.2 Å². The Kier molecular flexibility index (Phi) is 6.09. The number of benzene rings is 1. The van der Waals surface area contributed by atoms with Gasteiger partial charge in [-0.25, -0.2) is 0 Å². The molecule has 0 amide bonds. The van der Waals surface area contributed by atoms with Crippen molar-refractivity contribution in [2.75, 3.05) is 13.2 Å². The van der Waals surface area contributed by atoms with E-state index in [-0.39, 0.29) is 0 Å². The van der Waals surface area contributed by atoms with E-state index in [4.69, 9.17) is 16.3 Å². The standard InChI is InChI=1S/C14H20ClNO/c1-11(2)8-16-9-13-4-6-14(7-5-13)17-10-12(3)15/h4-7,11,16H,3,8-10H2,1-2H3. The van der Waals surface area contributed by atoms with Crippen molar-refractivity contribution in [2.24, 2.45) is 5.92 Å². The Hall–Kier alpha value is -0.990. The van der Waals surface area contributed by atoms with Crippen LogP contribution < -0.4 is 10.1 Å². The summed E-state index contributed by atoms with van der Waals surface area (Å²) in [5.74, 6) is 1.49. The van der Waals surface area contributed by atoms with Gasteiger partial charge >= 0.3 is 0 Å². The minimum atomic E-state index is 0.354. The molecule has 0 aliphatic heterocycles. The topological polar surface area (TPSA) is 21.3 Å². The predicted molar refractivity (Wildman–Crippen MR) is 73.5 cm³/mol. The highest BCUT2D eigenvalue weighted by Gasteiger charge is 1.97. The Morgan fingerprint density at radius 3 is 2.53 bits per heavy atom. The summed E-state index contributed by atoms with van der Waals surface area (Å²) in [6, 6.07) is 8.01. The Labute approximate surface area is 109 Å². The van der Waals surface area contributed by atoms with E-state index in [1.54, 1.807) is 0 Å². The first-order chi connectivity index (χ1) is 8.08. The summed E-state index contributed by atoms with van der Waals surface area (Å²) in [4.78, 5) is 0. The molecule has 0 aliphatic rings. The van der Waals surface area contributed by atoms with Crippen LogP contribution in [0.3, 0.4) is 0 Å². The maximum atomic E-state index is 5.63. The quantitative estimate of drug-likeness (QED) is 0.802. The van der Waals surface area contributed by atoms with E-state index in [0.717, 1.165) is 18.8 Å². The SMILES string of the molecule is C=C(Cl)COc1ccc(CNCC(C)C)cc1. The molecule has 0 bridgehead atoms. The second-order valence-corrected chi connectivity index (χ2v) is 5.01. The van der Waals surface area contributed by atoms with Crippen LogP contribution in [-0.2, 0) is 6.54 Å². The monoisotopic (exact) mass is 253 g/mol. The first-order valence-corrected chi connectivity index (χ1v) is 6.21. The van der Waals surface area contributed by atoms with Crippen molar-refractivity contribution in [3.05, 3.63) is 41.4 Å². The van der Waals surface area contributed by atoms with Gasteiger partial charge in [-0.15, -0.1) is 0 Å². The van der Waals surface area contributed by atoms with Crippen LogP contribution in [0.1, 0.15) is 19.4 Å². The van der Waals surface area contributed by atoms with E-state index in [1.165, 1.54) is 5.56 Å². The summed E-state index contributed by atoms with van der Waals surface area (Å²) >= 11 is 5.63. The molecule has 17 heavy (non-hydrogen) atoms. The molecule has 1 N–H and O–H groups in total. The molecule has 0 spiro atoms. The summed E-state index contributed by atoms with van der Waals surface area (Å²) < 4.78 is 5.41. The van der Waals surface area contributed by atoms with Crippen LogP contribution >= 0.6 is 11.6 Å². The highest BCUT2D eigenvalue weighted by Crippen LogP contribution is 2.13. The van der Waals surface area contributed by atoms with Crippen molar-refractivity contribution >= 4 is 11.6 Å². The van der Waals surface area contributed by atoms with E-state index in [2.05, 4.69) is 37.9 Å². The molecule has 0 saturated heterocycles. The number of hydrogen-bond acceptors (Lipinski definition) is 2. The third-order valence-corrected chi connectivity index (χ3v) is 2.31. The largest absolute Gasteiger partial charge is 0.488 e. The summed E-state index contributed by atoms with van der Waals surface area (Å²) in [6.07, 6.45) is 0. The van der Waals surface area contributed by atoms with Gasteiger partial charge in [-0.3, -0.25) is 0 Å². The molecule has 0 heterocycles. The number of hydrogen-bond donors (Lipinski definition) is 1. The van der Waals surface area contributed by atoms with Crippen molar-refractivity contribution < 1.29 is 4.74 Å². The third-order valence-electron chi connectivity index (χ3n) is 2.20. The van der Waals surface area contributed by atoms with E-state index in [0.29, 0.717) is 17.6 Å². The van der Waals surface area contributed by atoms with Gasteiger partial charge < -0.3 is 10.1 Å². The van der Waals surface area contributed by atoms with Crippen LogP contribution in [0.25, 0.3) is 0 Å². The fourth-order valence-corrected chi connectivity index (χ4v) is 1.42. The van der Waals surface area contributed by atoms with Gasteiger partial charge in [0.25, 0.3) is 0 Å². The summed E-state index contributed by atoms with van der Waals surface area (Å²) in [5.41, 5.74) is 1.25. The smallest absolute Gasteiger partial charge is 0.123 e. The minimum absolute atomic E-state index is 0.354. The Morgan fingerprint density at radius 1 is 1.35 bits per heavy atom. The fraction of sp³-hybridized carbons (Fsp3) is 0.429. The first-order valence-electron chi connectivity index (χ1n) is 5.83. The van der Waals surface area contributed by atoms with Gasteiger partial charge in [0.2, 0.25) is 0 Å². The van der Waals surface area contributed by atoms with Crippen molar-refractivity contribution in [3.63, 3.8) is 0 Å². The Morgan fingerprint density at radius 2 is 2.00 bits per heavy atom. The molecular formula is C14H20ClNO. The summed E-state index contributed by atoms with van der Waals surface area (Å²) in [5, 5.41) is 3.90. The second kappa shape index (κ2) is 7.36. The molecule has 2 nitrogen and oxygen atoms in total. The minimum Gasteiger partial charge on any atom is -0.488 e. The Balaban J connectivity index is 2.36. The normalized spacial score (nSPS) is 10.6. The van der Waals surface area contributed by atoms with Gasteiger partial charge in [0, 0.05) is 11.6 Å². The van der Waals surface area contributed by atoms with Crippen molar-refractivity contribution in [3.8, 4) is 5.75 Å². The third kappa shape index (κ3) is 6.35. The predicted octanol–water partition coefficient (Wildman–Crippen LogP) is 3.56. The zero-order valence-electron chi connectivity index (χ0n) is 10.5. The lowest BCUT2D eigenvalue weighted by Gasteiger charge is -2.08. The lowest BCUT2D eigenvalue weighted by molar-refractivity contribution is 0.359. The first kappa shape index (κ1) is 14.1. The van der Waals surface area contributed by atoms with E-state index in [1.807, 2.05) is 12.1 Å². The van der Waals surface area contributed by atoms with E-state index >= 15 is 0 Å². The lowest BCUT2D eigenvalue weighted by Crippen LogP contribution is -2.18. The van der Waals surface area contributed by atoms with E-state index in [9.17, 15) is 0 Å². The van der Waals surface area contributed by atoms with Crippen LogP contribution in [0.15, 0.2) is 35.9 Å². The molecule has 94 valence electrons. The van der Waals surface area contributed by atoms with Crippen LogP contribution in [0.5, 0.6) is 5.75 Å². The van der Waals surface area contributed by atoms with Gasteiger partial charge in [-0.2, -0.15) is 0 Å². The molecule has 1 aromatic rings. The lowest BCUT2D eigenvalue weighted by atomic mass is 10.2. The average molecular weight is 254 g/mol. The molecule has 1 rings (SSSR count). The van der Waals surface area contributed by atoms with Crippen molar-refractivity contribution in [1.29, 1.82) is 0 Å². The molecule has 0 unspecified atom stereocenters. The molecule has 3 heteroatoms. The number of nitrogens with one attached hydrogen (secondary N) is 1. The highest BCUT2D eigenvalue weighted by atomic mass is 35.5. The van der Waals surface area contributed by atoms with Crippen LogP contribution in [-0.4, -0.2) is 13.2 Å². The van der Waals surface area contributed by atoms with E-state index < -0.39 is 0 Å². The summed E-state index contributed by atoms with van der Waals surface area (Å²) in [6.45, 7) is 10.2. The van der Waals surface area contributed by atoms with Crippen LogP contribution in [0.2, 0.25) is 0 Å². The average Bonchev–Trinajstić information content (AvgIpc) is 2.27. The molecule has 0 fully saturated rings. The molecule has 0 radical (unpaired) electrons. The zero-order chi connectivity index (χ0) is 12.7. The van der Waals surface area contributed by atoms with Gasteiger partial charge in [0.15, 0.2) is 0 Å². The van der Waals surface area contributed by atoms with Crippen molar-refractivity contribution in [1.82, 2.24) is 5.32 Å². The highest BCUT2D eigenvalue weighted by molar-refractivity contribution is 6.29. The molecule has 0 aromatic heterocycles. The fourth-order valence-electron chi connectivity index (χ4n) is 1.37. The maximum Gasteiger partial charge on any atom is 0.123 e. The number of halogens is 1. The second-order valence-electron chi connectivity index (χ2n) is 4.47. The molecule has 0 atom stereocenters. The molecular weight excluding hydrogens is 234 g/mol. The molecule has 0 aliphatic carbocycles. The number of ether oxygens (including phenoxy) is 1. The maximum absolute atomic E-state index is 5.63. The number of rotatable bonds is 7. The van der Waals surface area contributed by atoms with Crippen molar-refractivity contribution in [2.45, 2.75) is 20.4 Å². The molecule has 1 aromatic carbocycles. The van der Waals surface area contributed by atoms with Crippen LogP contribution in [0.4, 0.5) is 0 Å². The molecule has 0 saturated carbocycles. The van der Waals surface area contributed by atoms with Crippen LogP contribution in [0, 0.1) is 5.92 Å². The zero-order valence-corrected chi connectivity index (χ0v) is 11.3. The summed E-state index contributed by atoms with van der Waals surface area (Å²) in [7, 11) is 0.